The summed E-state index contributed by atoms with van der Waals surface area (Å²) in [5, 5.41) is 11.7. The third kappa shape index (κ3) is 11.9. The van der Waals surface area contributed by atoms with Crippen LogP contribution in [0.4, 0.5) is 28.4 Å². The van der Waals surface area contributed by atoms with E-state index in [4.69, 9.17) is 23.9 Å². The van der Waals surface area contributed by atoms with E-state index in [1.807, 2.05) is 60.6 Å². The van der Waals surface area contributed by atoms with Crippen LogP contribution >= 0.6 is 0 Å². The van der Waals surface area contributed by atoms with Crippen LogP contribution in [0.5, 0.6) is 23.0 Å². The molecule has 0 spiro atoms. The van der Waals surface area contributed by atoms with Gasteiger partial charge in [-0.15, -0.1) is 0 Å². The van der Waals surface area contributed by atoms with Gasteiger partial charge in [-0.25, -0.2) is 0 Å². The molecule has 0 fully saturated rings. The van der Waals surface area contributed by atoms with Crippen molar-refractivity contribution < 1.29 is 47.7 Å². The Labute approximate surface area is 424 Å². The highest BCUT2D eigenvalue weighted by Crippen LogP contribution is 2.41. The minimum Gasteiger partial charge on any atom is -0.493 e. The quantitative estimate of drug-likeness (QED) is 0.0320. The van der Waals surface area contributed by atoms with Gasteiger partial charge in [0.25, 0.3) is 5.91 Å². The van der Waals surface area contributed by atoms with Gasteiger partial charge < -0.3 is 54.8 Å². The summed E-state index contributed by atoms with van der Waals surface area (Å²) in [6, 6.07) is 26.1. The molecule has 17 heteroatoms. The van der Waals surface area contributed by atoms with Crippen molar-refractivity contribution in [1.82, 2.24) is 10.6 Å². The Balaban J connectivity index is 1.01. The Morgan fingerprint density at radius 1 is 0.767 bits per heavy atom. The number of ketones is 1. The largest absolute Gasteiger partial charge is 0.493 e. The summed E-state index contributed by atoms with van der Waals surface area (Å²) in [6.07, 6.45) is 5.68. The molecule has 4 amide bonds. The Bertz CT molecular complexity index is 2960. The lowest BCUT2D eigenvalue weighted by Gasteiger charge is -2.22. The van der Waals surface area contributed by atoms with E-state index in [0.717, 1.165) is 36.1 Å². The summed E-state index contributed by atoms with van der Waals surface area (Å²) in [7, 11) is 5.00. The first-order chi connectivity index (χ1) is 35.2. The second-order valence-corrected chi connectivity index (χ2v) is 18.6. The topological polar surface area (TPSA) is 206 Å². The zero-order valence-electron chi connectivity index (χ0n) is 41.9. The van der Waals surface area contributed by atoms with E-state index >= 15 is 0 Å². The molecule has 0 bridgehead atoms. The van der Waals surface area contributed by atoms with Crippen molar-refractivity contribution in [3.05, 3.63) is 124 Å². The van der Waals surface area contributed by atoms with Gasteiger partial charge in [-0.05, 0) is 111 Å². The van der Waals surface area contributed by atoms with E-state index in [2.05, 4.69) is 38.3 Å². The predicted molar refractivity (Wildman–Crippen MR) is 279 cm³/mol. The molecule has 5 aromatic rings. The molecule has 0 radical (unpaired) electrons. The van der Waals surface area contributed by atoms with E-state index in [9.17, 15) is 28.8 Å². The van der Waals surface area contributed by atoms with Crippen molar-refractivity contribution in [2.75, 3.05) is 48.2 Å². The number of unbranched alkanes of at least 4 members (excludes halogenated alkanes) is 1. The van der Waals surface area contributed by atoms with Crippen molar-refractivity contribution in [3.8, 4) is 23.0 Å². The highest BCUT2D eigenvalue weighted by molar-refractivity contribution is 6.12. The summed E-state index contributed by atoms with van der Waals surface area (Å²) in [5.74, 6) is -0.133. The molecule has 3 heterocycles. The summed E-state index contributed by atoms with van der Waals surface area (Å²) < 4.78 is 24.3. The van der Waals surface area contributed by atoms with Gasteiger partial charge in [0.15, 0.2) is 29.3 Å². The fraction of sp³-hybridized carbons (Fsp3) is 0.339. The molecule has 5 aromatic carbocycles. The SMILES string of the molecule is COc1cc(C=O)c(/N=C\C2Cc3ccccc3N2C)cc1OCc1cc(COc2cc3c(cc2OC)C(=O)N2c4ccccc4C[C@H]2CN3)cc(NC(=O)C(C)NC(=O)[C@H](C)NC(=O)CCCCC(C)=O)c1. The fourth-order valence-corrected chi connectivity index (χ4v) is 9.36. The predicted octanol–water partition coefficient (Wildman–Crippen LogP) is 7.53. The van der Waals surface area contributed by atoms with Crippen LogP contribution < -0.4 is 50.0 Å². The molecule has 8 rings (SSSR count). The number of benzene rings is 5. The van der Waals surface area contributed by atoms with Crippen LogP contribution in [0.25, 0.3) is 0 Å². The van der Waals surface area contributed by atoms with Crippen LogP contribution in [0, 0.1) is 0 Å². The number of hydrogen-bond acceptors (Lipinski definition) is 13. The van der Waals surface area contributed by atoms with Gasteiger partial charge in [0.05, 0.1) is 43.2 Å². The monoisotopic (exact) mass is 991 g/mol. The van der Waals surface area contributed by atoms with Gasteiger partial charge in [-0.3, -0.25) is 29.0 Å². The second-order valence-electron chi connectivity index (χ2n) is 18.6. The van der Waals surface area contributed by atoms with Crippen LogP contribution in [0.3, 0.4) is 0 Å². The smallest absolute Gasteiger partial charge is 0.260 e. The Morgan fingerprint density at radius 3 is 2.07 bits per heavy atom. The number of carbonyl (C=O) groups is 6. The number of hydrogen-bond donors (Lipinski definition) is 4. The minimum absolute atomic E-state index is 0.00409. The second kappa shape index (κ2) is 22.9. The molecule has 0 saturated carbocycles. The van der Waals surface area contributed by atoms with E-state index < -0.39 is 23.9 Å². The zero-order chi connectivity index (χ0) is 51.8. The van der Waals surface area contributed by atoms with E-state index in [1.54, 1.807) is 36.4 Å². The van der Waals surface area contributed by atoms with Crippen molar-refractivity contribution in [1.29, 1.82) is 0 Å². The molecule has 17 nitrogen and oxygen atoms in total. The maximum Gasteiger partial charge on any atom is 0.260 e. The van der Waals surface area contributed by atoms with Gasteiger partial charge in [0.2, 0.25) is 17.7 Å². The van der Waals surface area contributed by atoms with Crippen LogP contribution in [-0.2, 0) is 45.2 Å². The van der Waals surface area contributed by atoms with E-state index in [-0.39, 0.29) is 49.3 Å². The highest BCUT2D eigenvalue weighted by Gasteiger charge is 2.38. The number of nitrogens with one attached hydrogen (secondary N) is 4. The summed E-state index contributed by atoms with van der Waals surface area (Å²) in [6.45, 7) is 5.07. The number of likely N-dealkylation sites (N-methyl/N-ethyl adjacent to an activating group) is 1. The fourth-order valence-electron chi connectivity index (χ4n) is 9.36. The highest BCUT2D eigenvalue weighted by atomic mass is 16.5. The number of amides is 4. The molecule has 0 aromatic heterocycles. The van der Waals surface area contributed by atoms with Gasteiger partial charge in [-0.2, -0.15) is 0 Å². The lowest BCUT2D eigenvalue weighted by atomic mass is 10.1. The van der Waals surface area contributed by atoms with Crippen molar-refractivity contribution in [2.24, 2.45) is 4.99 Å². The molecule has 0 aliphatic carbocycles. The number of carbonyl (C=O) groups excluding carboxylic acids is 6. The average molecular weight is 992 g/mol. The first kappa shape index (κ1) is 51.2. The van der Waals surface area contributed by atoms with E-state index in [1.165, 1.54) is 40.6 Å². The third-order valence-corrected chi connectivity index (χ3v) is 13.3. The molecule has 380 valence electrons. The maximum absolute atomic E-state index is 14.1. The normalized spacial score (nSPS) is 16.2. The first-order valence-corrected chi connectivity index (χ1v) is 24.4. The van der Waals surface area contributed by atoms with Crippen LogP contribution in [0.1, 0.15) is 89.4 Å². The zero-order valence-corrected chi connectivity index (χ0v) is 41.9. The molecule has 3 aliphatic rings. The van der Waals surface area contributed by atoms with Crippen molar-refractivity contribution >= 4 is 70.3 Å². The number of nitrogens with zero attached hydrogens (tertiary/aromatic N) is 3. The van der Waals surface area contributed by atoms with Gasteiger partial charge in [0, 0.05) is 67.4 Å². The molecule has 4 atom stereocenters. The number of aldehydes is 1. The summed E-state index contributed by atoms with van der Waals surface area (Å²) in [4.78, 5) is 85.8. The van der Waals surface area contributed by atoms with Crippen molar-refractivity contribution in [3.63, 3.8) is 0 Å². The molecular weight excluding hydrogens is 931 g/mol. The number of anilines is 4. The van der Waals surface area contributed by atoms with Crippen LogP contribution in [0.2, 0.25) is 0 Å². The summed E-state index contributed by atoms with van der Waals surface area (Å²) in [5.41, 5.74) is 7.74. The van der Waals surface area contributed by atoms with Gasteiger partial charge in [-0.1, -0.05) is 36.4 Å². The number of ether oxygens (including phenoxy) is 4. The Hall–Kier alpha value is -8.21. The summed E-state index contributed by atoms with van der Waals surface area (Å²) >= 11 is 0. The Morgan fingerprint density at radius 2 is 1.40 bits per heavy atom. The Kier molecular flexibility index (Phi) is 16.0. The number of fused-ring (bicyclic) bond motifs is 5. The average Bonchev–Trinajstić information content (AvgIpc) is 3.88. The van der Waals surface area contributed by atoms with E-state index in [0.29, 0.717) is 88.1 Å². The molecule has 0 saturated heterocycles. The van der Waals surface area contributed by atoms with Gasteiger partial charge in [0.1, 0.15) is 31.1 Å². The lowest BCUT2D eigenvalue weighted by molar-refractivity contribution is -0.130. The van der Waals surface area contributed by atoms with Gasteiger partial charge >= 0.3 is 0 Å². The van der Waals surface area contributed by atoms with Crippen LogP contribution in [-0.4, -0.2) is 93.9 Å². The number of Topliss-reactive ketones (excluding diaryl/α,β-unsaturated/α-hetero) is 1. The van der Waals surface area contributed by atoms with Crippen LogP contribution in [0.15, 0.2) is 96.0 Å². The third-order valence-electron chi connectivity index (χ3n) is 13.3. The first-order valence-electron chi connectivity index (χ1n) is 24.4. The molecular formula is C56H61N7O10. The molecule has 4 N–H and O–H groups in total. The molecule has 73 heavy (non-hydrogen) atoms. The lowest BCUT2D eigenvalue weighted by Crippen LogP contribution is -2.50. The number of rotatable bonds is 21. The number of para-hydroxylation sites is 2. The molecule has 3 aliphatic heterocycles. The molecule has 2 unspecified atom stereocenters. The standard InChI is InChI=1S/C56H61N7O10/c1-33(65)13-7-12-18-53(66)59-34(2)54(67)60-35(3)55(68)61-41-20-36(31-72-51-26-45(40(30-64)24-49(51)70-5)57-28-42-22-38-14-8-10-16-47(38)62(42)4)19-37(21-41)32-73-52-27-46-44(25-50(52)71-6)56(69)63-43(29-58-46)23-39-15-9-11-17-48(39)63/h8-11,14-17,19-21,24-28,30,34-35,42-43,58H,7,12-13,18,22-23,29,31-32H2,1-6H3,(H,59,66)(H,60,67)(H,61,68)/b57-28-/t34-,35?,42?,43-/m0/s1. The minimum atomic E-state index is -1.01. The maximum atomic E-state index is 14.1. The van der Waals surface area contributed by atoms with Crippen molar-refractivity contribution in [2.45, 2.75) is 96.7 Å². The number of methoxy groups -OCH3 is 2. The number of aliphatic imine (C=N–C) groups is 1.